The molecule has 28 heavy (non-hydrogen) atoms. The van der Waals surface area contributed by atoms with Gasteiger partial charge in [0.1, 0.15) is 17.5 Å². The van der Waals surface area contributed by atoms with Crippen molar-refractivity contribution in [2.24, 2.45) is 0 Å². The Labute approximate surface area is 170 Å². The Morgan fingerprint density at radius 1 is 1.00 bits per heavy atom. The van der Waals surface area contributed by atoms with Gasteiger partial charge in [0.15, 0.2) is 0 Å². The Balaban J connectivity index is 2.02. The first-order valence-electron chi connectivity index (χ1n) is 8.96. The van der Waals surface area contributed by atoms with E-state index >= 15 is 0 Å². The lowest BCUT2D eigenvalue weighted by Gasteiger charge is -2.33. The highest BCUT2D eigenvalue weighted by Gasteiger charge is 2.35. The summed E-state index contributed by atoms with van der Waals surface area (Å²) >= 11 is 1.64. The zero-order valence-electron chi connectivity index (χ0n) is 16.7. The van der Waals surface area contributed by atoms with E-state index in [9.17, 15) is 10.0 Å². The number of rotatable bonds is 10. The van der Waals surface area contributed by atoms with Crippen LogP contribution in [0.2, 0.25) is 0 Å². The van der Waals surface area contributed by atoms with E-state index in [1.165, 1.54) is 0 Å². The molecule has 3 N–H and O–H groups in total. The molecule has 2 aromatic rings. The van der Waals surface area contributed by atoms with Crippen LogP contribution in [0.15, 0.2) is 48.5 Å². The number of amides is 1. The van der Waals surface area contributed by atoms with Crippen molar-refractivity contribution in [2.75, 3.05) is 14.2 Å². The molecule has 2 rings (SSSR count). The van der Waals surface area contributed by atoms with Crippen LogP contribution < -0.4 is 20.3 Å². The Morgan fingerprint density at radius 3 is 1.96 bits per heavy atom. The van der Waals surface area contributed by atoms with Crippen molar-refractivity contribution in [3.8, 4) is 11.5 Å². The summed E-state index contributed by atoms with van der Waals surface area (Å²) in [5.74, 6) is 1.87. The average molecular weight is 405 g/mol. The van der Waals surface area contributed by atoms with Gasteiger partial charge in [0, 0.05) is 17.0 Å². The van der Waals surface area contributed by atoms with Crippen LogP contribution in [0.1, 0.15) is 25.0 Å². The SMILES string of the molecule is COc1ccc(CNC(C(=O)NO)C(C)(C)SCc2ccc(OC)cc2)cc1. The highest BCUT2D eigenvalue weighted by Crippen LogP contribution is 2.32. The van der Waals surface area contributed by atoms with Gasteiger partial charge in [-0.3, -0.25) is 10.0 Å². The lowest BCUT2D eigenvalue weighted by atomic mass is 10.0. The molecule has 0 fully saturated rings. The number of carbonyl (C=O) groups is 1. The lowest BCUT2D eigenvalue weighted by Crippen LogP contribution is -2.54. The molecule has 0 heterocycles. The molecule has 0 aliphatic carbocycles. The Kier molecular flexibility index (Phi) is 8.17. The summed E-state index contributed by atoms with van der Waals surface area (Å²) in [6.07, 6.45) is 0. The zero-order chi connectivity index (χ0) is 20.6. The summed E-state index contributed by atoms with van der Waals surface area (Å²) in [5, 5.41) is 12.5. The van der Waals surface area contributed by atoms with E-state index in [1.54, 1.807) is 31.5 Å². The second kappa shape index (κ2) is 10.4. The normalized spacial score (nSPS) is 12.3. The van der Waals surface area contributed by atoms with E-state index < -0.39 is 16.7 Å². The van der Waals surface area contributed by atoms with Crippen LogP contribution >= 0.6 is 11.8 Å². The van der Waals surface area contributed by atoms with Gasteiger partial charge in [0.25, 0.3) is 5.91 Å². The van der Waals surface area contributed by atoms with Gasteiger partial charge in [0.2, 0.25) is 0 Å². The summed E-state index contributed by atoms with van der Waals surface area (Å²) < 4.78 is 9.89. The van der Waals surface area contributed by atoms with E-state index in [1.807, 2.05) is 62.4 Å². The highest BCUT2D eigenvalue weighted by molar-refractivity contribution is 7.99. The van der Waals surface area contributed by atoms with Crippen molar-refractivity contribution in [1.29, 1.82) is 0 Å². The summed E-state index contributed by atoms with van der Waals surface area (Å²) in [6.45, 7) is 4.47. The van der Waals surface area contributed by atoms with Crippen LogP contribution in [0.3, 0.4) is 0 Å². The van der Waals surface area contributed by atoms with Crippen molar-refractivity contribution >= 4 is 17.7 Å². The Bertz CT molecular complexity index is 748. The maximum Gasteiger partial charge on any atom is 0.261 e. The van der Waals surface area contributed by atoms with Gasteiger partial charge < -0.3 is 14.8 Å². The number of nitrogens with one attached hydrogen (secondary N) is 2. The largest absolute Gasteiger partial charge is 0.497 e. The smallest absolute Gasteiger partial charge is 0.261 e. The molecule has 0 aliphatic heterocycles. The second-order valence-corrected chi connectivity index (χ2v) is 8.51. The van der Waals surface area contributed by atoms with Crippen LogP contribution in [-0.4, -0.2) is 36.1 Å². The monoisotopic (exact) mass is 404 g/mol. The molecule has 6 nitrogen and oxygen atoms in total. The fraction of sp³-hybridized carbons (Fsp3) is 0.381. The third-order valence-corrected chi connectivity index (χ3v) is 5.96. The van der Waals surface area contributed by atoms with E-state index in [-0.39, 0.29) is 0 Å². The molecule has 0 spiro atoms. The van der Waals surface area contributed by atoms with E-state index in [0.29, 0.717) is 6.54 Å². The van der Waals surface area contributed by atoms with Crippen molar-refractivity contribution in [1.82, 2.24) is 10.8 Å². The molecule has 0 saturated carbocycles. The minimum absolute atomic E-state index is 0.458. The van der Waals surface area contributed by atoms with Gasteiger partial charge in [-0.25, -0.2) is 5.48 Å². The quantitative estimate of drug-likeness (QED) is 0.416. The van der Waals surface area contributed by atoms with Gasteiger partial charge in [-0.2, -0.15) is 0 Å². The first-order chi connectivity index (χ1) is 13.4. The second-order valence-electron chi connectivity index (χ2n) is 6.88. The first kappa shape index (κ1) is 22.1. The Hall–Kier alpha value is -2.22. The third kappa shape index (κ3) is 6.15. The van der Waals surface area contributed by atoms with Crippen molar-refractivity contribution in [3.05, 3.63) is 59.7 Å². The molecule has 0 saturated heterocycles. The summed E-state index contributed by atoms with van der Waals surface area (Å²) in [5.41, 5.74) is 3.94. The molecular weight excluding hydrogens is 376 g/mol. The number of ether oxygens (including phenoxy) is 2. The number of hydrogen-bond acceptors (Lipinski definition) is 6. The number of hydrogen-bond donors (Lipinski definition) is 3. The molecule has 1 amide bonds. The molecule has 7 heteroatoms. The van der Waals surface area contributed by atoms with E-state index in [2.05, 4.69) is 5.32 Å². The molecule has 0 bridgehead atoms. The van der Waals surface area contributed by atoms with E-state index in [4.69, 9.17) is 9.47 Å². The van der Waals surface area contributed by atoms with Gasteiger partial charge in [-0.15, -0.1) is 11.8 Å². The van der Waals surface area contributed by atoms with Crippen LogP contribution in [0.4, 0.5) is 0 Å². The molecule has 1 atom stereocenters. The number of hydroxylamine groups is 1. The molecule has 0 radical (unpaired) electrons. The van der Waals surface area contributed by atoms with Crippen LogP contribution in [0, 0.1) is 0 Å². The average Bonchev–Trinajstić information content (AvgIpc) is 2.72. The topological polar surface area (TPSA) is 79.8 Å². The van der Waals surface area contributed by atoms with Crippen molar-refractivity contribution < 1.29 is 19.5 Å². The van der Waals surface area contributed by atoms with Gasteiger partial charge in [-0.1, -0.05) is 24.3 Å². The molecule has 2 aromatic carbocycles. The minimum atomic E-state index is -0.581. The highest BCUT2D eigenvalue weighted by atomic mass is 32.2. The van der Waals surface area contributed by atoms with Gasteiger partial charge >= 0.3 is 0 Å². The van der Waals surface area contributed by atoms with Gasteiger partial charge in [0.05, 0.1) is 14.2 Å². The summed E-state index contributed by atoms with van der Waals surface area (Å²) in [4.78, 5) is 12.3. The number of benzene rings is 2. The molecule has 1 unspecified atom stereocenters. The fourth-order valence-electron chi connectivity index (χ4n) is 2.76. The fourth-order valence-corrected chi connectivity index (χ4v) is 3.84. The third-order valence-electron chi connectivity index (χ3n) is 4.51. The predicted octanol–water partition coefficient (Wildman–Crippen LogP) is 3.38. The number of carbonyl (C=O) groups excluding carboxylic acids is 1. The lowest BCUT2D eigenvalue weighted by molar-refractivity contribution is -0.132. The van der Waals surface area contributed by atoms with Crippen LogP contribution in [-0.2, 0) is 17.1 Å². The summed E-state index contributed by atoms with van der Waals surface area (Å²) in [7, 11) is 3.26. The molecule has 0 aliphatic rings. The number of thioether (sulfide) groups is 1. The van der Waals surface area contributed by atoms with Crippen LogP contribution in [0.25, 0.3) is 0 Å². The standard InChI is InChI=1S/C21H28N2O4S/c1-21(2,28-14-16-7-11-18(27-4)12-8-16)19(20(24)23-25)22-13-15-5-9-17(26-3)10-6-15/h5-12,19,22,25H,13-14H2,1-4H3,(H,23,24). The van der Waals surface area contributed by atoms with Crippen molar-refractivity contribution in [2.45, 2.75) is 36.9 Å². The minimum Gasteiger partial charge on any atom is -0.497 e. The first-order valence-corrected chi connectivity index (χ1v) is 9.95. The van der Waals surface area contributed by atoms with Crippen LogP contribution in [0.5, 0.6) is 11.5 Å². The number of methoxy groups -OCH3 is 2. The van der Waals surface area contributed by atoms with Crippen molar-refractivity contribution in [3.63, 3.8) is 0 Å². The zero-order valence-corrected chi connectivity index (χ0v) is 17.5. The maximum absolute atomic E-state index is 12.3. The molecule has 0 aromatic heterocycles. The predicted molar refractivity (Wildman–Crippen MR) is 112 cm³/mol. The van der Waals surface area contributed by atoms with E-state index in [0.717, 1.165) is 28.4 Å². The molecule has 152 valence electrons. The Morgan fingerprint density at radius 2 is 1.50 bits per heavy atom. The summed E-state index contributed by atoms with van der Waals surface area (Å²) in [6, 6.07) is 14.9. The maximum atomic E-state index is 12.3. The molecular formula is C21H28N2O4S. The van der Waals surface area contributed by atoms with Gasteiger partial charge in [-0.05, 0) is 49.2 Å².